The third kappa shape index (κ3) is 4.54. The van der Waals surface area contributed by atoms with Crippen molar-refractivity contribution in [1.82, 2.24) is 4.90 Å². The lowest BCUT2D eigenvalue weighted by molar-refractivity contribution is -0.384. The quantitative estimate of drug-likeness (QED) is 0.406. The summed E-state index contributed by atoms with van der Waals surface area (Å²) in [6, 6.07) is 12.1. The van der Waals surface area contributed by atoms with Gasteiger partial charge in [0.15, 0.2) is 5.17 Å². The summed E-state index contributed by atoms with van der Waals surface area (Å²) in [5, 5.41) is 11.0. The Labute approximate surface area is 172 Å². The second-order valence-electron chi connectivity index (χ2n) is 6.17. The van der Waals surface area contributed by atoms with Crippen molar-refractivity contribution < 1.29 is 18.1 Å². The Balaban J connectivity index is 1.97. The zero-order chi connectivity index (χ0) is 21.2. The molecule has 1 heterocycles. The Hall–Kier alpha value is -2.98. The first-order chi connectivity index (χ1) is 13.7. The largest absolute Gasteiger partial charge is 0.286 e. The maximum atomic E-state index is 12.7. The van der Waals surface area contributed by atoms with Crippen LogP contribution in [0.25, 0.3) is 6.08 Å². The zero-order valence-electron chi connectivity index (χ0n) is 15.6. The monoisotopic (exact) mass is 431 g/mol. The van der Waals surface area contributed by atoms with Crippen molar-refractivity contribution in [2.75, 3.05) is 6.54 Å². The summed E-state index contributed by atoms with van der Waals surface area (Å²) in [5.74, 6) is -0.401. The maximum absolute atomic E-state index is 12.7. The molecule has 0 saturated carbocycles. The van der Waals surface area contributed by atoms with Crippen LogP contribution >= 0.6 is 11.8 Å². The molecule has 10 heteroatoms. The number of hydrogen-bond acceptors (Lipinski definition) is 6. The number of non-ortho nitro benzene ring substituents is 1. The van der Waals surface area contributed by atoms with Gasteiger partial charge in [-0.1, -0.05) is 29.8 Å². The number of nitrogens with zero attached hydrogens (tertiary/aromatic N) is 3. The minimum atomic E-state index is -3.98. The van der Waals surface area contributed by atoms with Gasteiger partial charge in [0.05, 0.1) is 14.7 Å². The Morgan fingerprint density at radius 3 is 2.52 bits per heavy atom. The molecule has 0 bridgehead atoms. The first-order valence-electron chi connectivity index (χ1n) is 8.59. The molecular weight excluding hydrogens is 414 g/mol. The van der Waals surface area contributed by atoms with Crippen molar-refractivity contribution in [3.05, 3.63) is 74.7 Å². The number of rotatable bonds is 5. The number of likely N-dealkylation sites (N-methyl/N-ethyl adjacent to an activating group) is 1. The summed E-state index contributed by atoms with van der Waals surface area (Å²) in [5.41, 5.74) is 1.28. The topological polar surface area (TPSA) is 110 Å². The minimum Gasteiger partial charge on any atom is -0.286 e. The van der Waals surface area contributed by atoms with Crippen molar-refractivity contribution in [2.24, 2.45) is 4.40 Å². The Bertz CT molecular complexity index is 1140. The third-order valence-electron chi connectivity index (χ3n) is 4.10. The highest BCUT2D eigenvalue weighted by atomic mass is 32.2. The lowest BCUT2D eigenvalue weighted by atomic mass is 10.2. The van der Waals surface area contributed by atoms with Crippen molar-refractivity contribution in [3.8, 4) is 0 Å². The summed E-state index contributed by atoms with van der Waals surface area (Å²) in [4.78, 5) is 24.6. The molecule has 0 unspecified atom stereocenters. The Morgan fingerprint density at radius 2 is 1.90 bits per heavy atom. The number of sulfonamides is 1. The number of carbonyl (C=O) groups excluding carboxylic acids is 1. The molecule has 1 fully saturated rings. The number of nitro groups is 1. The summed E-state index contributed by atoms with van der Waals surface area (Å²) in [6.07, 6.45) is 1.49. The van der Waals surface area contributed by atoms with E-state index < -0.39 is 20.9 Å². The third-order valence-corrected chi connectivity index (χ3v) is 6.50. The molecule has 0 aliphatic carbocycles. The van der Waals surface area contributed by atoms with Crippen molar-refractivity contribution >= 4 is 44.6 Å². The first-order valence-corrected chi connectivity index (χ1v) is 10.8. The molecule has 0 N–H and O–H groups in total. The Kier molecular flexibility index (Phi) is 5.85. The van der Waals surface area contributed by atoms with Gasteiger partial charge >= 0.3 is 0 Å². The van der Waals surface area contributed by atoms with Gasteiger partial charge in [0.2, 0.25) is 0 Å². The van der Waals surface area contributed by atoms with E-state index in [1.54, 1.807) is 25.1 Å². The number of carbonyl (C=O) groups is 1. The number of thioether (sulfide) groups is 1. The van der Waals surface area contributed by atoms with E-state index in [9.17, 15) is 23.3 Å². The molecule has 0 spiro atoms. The average Bonchev–Trinajstić information content (AvgIpc) is 2.95. The van der Waals surface area contributed by atoms with Crippen LogP contribution in [0.4, 0.5) is 5.69 Å². The van der Waals surface area contributed by atoms with Crippen molar-refractivity contribution in [3.63, 3.8) is 0 Å². The fourth-order valence-corrected chi connectivity index (χ4v) is 4.84. The van der Waals surface area contributed by atoms with Gasteiger partial charge in [-0.25, -0.2) is 0 Å². The van der Waals surface area contributed by atoms with Crippen LogP contribution in [0.2, 0.25) is 0 Å². The van der Waals surface area contributed by atoms with E-state index in [0.29, 0.717) is 5.56 Å². The summed E-state index contributed by atoms with van der Waals surface area (Å²) < 4.78 is 29.1. The fraction of sp³-hybridized carbons (Fsp3) is 0.158. The van der Waals surface area contributed by atoms with Crippen molar-refractivity contribution in [2.45, 2.75) is 18.7 Å². The SMILES string of the molecule is CCN1C(=O)C(=Cc2cccc([N+](=O)[O-])c2)SC1=NS(=O)(=O)c1ccc(C)cc1. The molecule has 2 aromatic carbocycles. The summed E-state index contributed by atoms with van der Waals surface area (Å²) >= 11 is 0.924. The van der Waals surface area contributed by atoms with Gasteiger partial charge in [0, 0.05) is 18.7 Å². The van der Waals surface area contributed by atoms with Gasteiger partial charge in [-0.3, -0.25) is 19.8 Å². The molecule has 150 valence electrons. The smallest absolute Gasteiger partial charge is 0.284 e. The van der Waals surface area contributed by atoms with Crippen LogP contribution in [-0.4, -0.2) is 35.9 Å². The number of nitro benzene ring substituents is 1. The van der Waals surface area contributed by atoms with E-state index in [-0.39, 0.29) is 27.2 Å². The predicted octanol–water partition coefficient (Wildman–Crippen LogP) is 3.58. The van der Waals surface area contributed by atoms with E-state index in [2.05, 4.69) is 4.40 Å². The molecule has 1 aliphatic rings. The van der Waals surface area contributed by atoms with Crippen LogP contribution in [0, 0.1) is 17.0 Å². The highest BCUT2D eigenvalue weighted by Crippen LogP contribution is 2.34. The number of amides is 1. The fourth-order valence-electron chi connectivity index (χ4n) is 2.60. The highest BCUT2D eigenvalue weighted by Gasteiger charge is 2.34. The maximum Gasteiger partial charge on any atom is 0.284 e. The van der Waals surface area contributed by atoms with Gasteiger partial charge in [-0.2, -0.15) is 8.42 Å². The molecule has 29 heavy (non-hydrogen) atoms. The normalized spacial score (nSPS) is 17.3. The van der Waals surface area contributed by atoms with Gasteiger partial charge < -0.3 is 0 Å². The van der Waals surface area contributed by atoms with Gasteiger partial charge in [-0.15, -0.1) is 4.40 Å². The average molecular weight is 431 g/mol. The Morgan fingerprint density at radius 1 is 1.21 bits per heavy atom. The molecule has 0 aromatic heterocycles. The number of amidine groups is 1. The van der Waals surface area contributed by atoms with E-state index in [0.717, 1.165) is 17.3 Å². The van der Waals surface area contributed by atoms with Crippen LogP contribution in [-0.2, 0) is 14.8 Å². The summed E-state index contributed by atoms with van der Waals surface area (Å²) in [6.45, 7) is 3.79. The van der Waals surface area contributed by atoms with Crippen LogP contribution in [0.15, 0.2) is 62.7 Å². The van der Waals surface area contributed by atoms with Crippen LogP contribution in [0.1, 0.15) is 18.1 Å². The molecule has 0 radical (unpaired) electrons. The second kappa shape index (κ2) is 8.18. The summed E-state index contributed by atoms with van der Waals surface area (Å²) in [7, 11) is -3.98. The van der Waals surface area contributed by atoms with E-state index in [1.165, 1.54) is 41.3 Å². The molecule has 0 atom stereocenters. The van der Waals surface area contributed by atoms with E-state index >= 15 is 0 Å². The standard InChI is InChI=1S/C19H17N3O5S2/c1-3-21-18(23)17(12-14-5-4-6-15(11-14)22(24)25)28-19(21)20-29(26,27)16-9-7-13(2)8-10-16/h4-12H,3H2,1-2H3. The van der Waals surface area contributed by atoms with Crippen molar-refractivity contribution in [1.29, 1.82) is 0 Å². The van der Waals surface area contributed by atoms with Crippen LogP contribution < -0.4 is 0 Å². The van der Waals surface area contributed by atoms with Crippen LogP contribution in [0.3, 0.4) is 0 Å². The molecule has 8 nitrogen and oxygen atoms in total. The lowest BCUT2D eigenvalue weighted by Gasteiger charge is -2.11. The van der Waals surface area contributed by atoms with Gasteiger partial charge in [-0.05, 0) is 49.4 Å². The predicted molar refractivity (Wildman–Crippen MR) is 112 cm³/mol. The second-order valence-corrected chi connectivity index (χ2v) is 8.79. The number of aryl methyl sites for hydroxylation is 1. The van der Waals surface area contributed by atoms with E-state index in [1.807, 2.05) is 6.92 Å². The van der Waals surface area contributed by atoms with E-state index in [4.69, 9.17) is 0 Å². The molecule has 1 saturated heterocycles. The molecule has 3 rings (SSSR count). The number of hydrogen-bond donors (Lipinski definition) is 0. The van der Waals surface area contributed by atoms with Crippen LogP contribution in [0.5, 0.6) is 0 Å². The number of benzene rings is 2. The molecule has 1 amide bonds. The molecular formula is C19H17N3O5S2. The van der Waals surface area contributed by atoms with Gasteiger partial charge in [0.25, 0.3) is 21.6 Å². The first kappa shape index (κ1) is 20.7. The molecule has 2 aromatic rings. The van der Waals surface area contributed by atoms with Gasteiger partial charge in [0.1, 0.15) is 0 Å². The highest BCUT2D eigenvalue weighted by molar-refractivity contribution is 8.19. The minimum absolute atomic E-state index is 0.0378. The molecule has 1 aliphatic heterocycles. The zero-order valence-corrected chi connectivity index (χ0v) is 17.2. The lowest BCUT2D eigenvalue weighted by Crippen LogP contribution is -2.29.